The van der Waals surface area contributed by atoms with Crippen LogP contribution in [0.3, 0.4) is 0 Å². The summed E-state index contributed by atoms with van der Waals surface area (Å²) in [5.41, 5.74) is 8.03. The highest BCUT2D eigenvalue weighted by molar-refractivity contribution is 5.93. The number of rotatable bonds is 4. The molecule has 0 spiro atoms. The third-order valence-corrected chi connectivity index (χ3v) is 3.13. The van der Waals surface area contributed by atoms with Gasteiger partial charge >= 0.3 is 0 Å². The van der Waals surface area contributed by atoms with Crippen LogP contribution < -0.4 is 5.73 Å². The summed E-state index contributed by atoms with van der Waals surface area (Å²) in [5, 5.41) is 0. The summed E-state index contributed by atoms with van der Waals surface area (Å²) in [6, 6.07) is 5.73. The summed E-state index contributed by atoms with van der Waals surface area (Å²) in [7, 11) is 1.78. The van der Waals surface area contributed by atoms with Crippen LogP contribution in [0.5, 0.6) is 0 Å². The minimum atomic E-state index is -0.0424. The molecule has 0 fully saturated rings. The van der Waals surface area contributed by atoms with Gasteiger partial charge in [-0.25, -0.2) is 0 Å². The lowest BCUT2D eigenvalue weighted by Gasteiger charge is -2.19. The van der Waals surface area contributed by atoms with Crippen LogP contribution in [0, 0.1) is 0 Å². The maximum absolute atomic E-state index is 12.5. The number of hydrogen-bond donors (Lipinski definition) is 1. The second-order valence-electron chi connectivity index (χ2n) is 5.18. The van der Waals surface area contributed by atoms with Gasteiger partial charge in [0.2, 0.25) is 0 Å². The summed E-state index contributed by atoms with van der Waals surface area (Å²) >= 11 is 0. The highest BCUT2D eigenvalue weighted by Crippen LogP contribution is 2.18. The first-order valence-electron chi connectivity index (χ1n) is 6.60. The topological polar surface area (TPSA) is 64.2 Å². The lowest BCUT2D eigenvalue weighted by atomic mass is 10.2. The third-order valence-electron chi connectivity index (χ3n) is 3.13. The Labute approximate surface area is 119 Å². The van der Waals surface area contributed by atoms with Crippen LogP contribution in [0.2, 0.25) is 0 Å². The highest BCUT2D eigenvalue weighted by atomic mass is 16.2. The molecule has 2 N–H and O–H groups in total. The SMILES string of the molecule is CC(C)n1cc(N)cc1C(=O)N(C)Cc1cccnc1. The van der Waals surface area contributed by atoms with Gasteiger partial charge in [0.05, 0.1) is 5.69 Å². The molecule has 106 valence electrons. The predicted octanol–water partition coefficient (Wildman–Crippen LogP) is 2.32. The molecule has 0 atom stereocenters. The molecule has 0 aliphatic rings. The Morgan fingerprint density at radius 3 is 2.85 bits per heavy atom. The Hall–Kier alpha value is -2.30. The maximum Gasteiger partial charge on any atom is 0.270 e. The van der Waals surface area contributed by atoms with E-state index in [2.05, 4.69) is 4.98 Å². The van der Waals surface area contributed by atoms with Crippen LogP contribution in [-0.2, 0) is 6.54 Å². The van der Waals surface area contributed by atoms with E-state index >= 15 is 0 Å². The minimum Gasteiger partial charge on any atom is -0.397 e. The molecule has 5 heteroatoms. The number of amides is 1. The molecular weight excluding hydrogens is 252 g/mol. The standard InChI is InChI=1S/C15H20N4O/c1-11(2)19-10-13(16)7-14(19)15(20)18(3)9-12-5-4-6-17-8-12/h4-8,10-11H,9,16H2,1-3H3. The Bertz CT molecular complexity index is 589. The zero-order valence-corrected chi connectivity index (χ0v) is 12.1. The fourth-order valence-electron chi connectivity index (χ4n) is 2.13. The van der Waals surface area contributed by atoms with E-state index in [4.69, 9.17) is 5.73 Å². The molecule has 0 unspecified atom stereocenters. The number of carbonyl (C=O) groups is 1. The maximum atomic E-state index is 12.5. The number of aromatic nitrogens is 2. The third kappa shape index (κ3) is 2.99. The van der Waals surface area contributed by atoms with Crippen molar-refractivity contribution in [1.29, 1.82) is 0 Å². The Balaban J connectivity index is 2.19. The molecule has 2 aromatic heterocycles. The van der Waals surface area contributed by atoms with E-state index in [1.165, 1.54) is 0 Å². The Morgan fingerprint density at radius 2 is 2.25 bits per heavy atom. The summed E-state index contributed by atoms with van der Waals surface area (Å²) < 4.78 is 1.90. The van der Waals surface area contributed by atoms with Gasteiger partial charge < -0.3 is 15.2 Å². The van der Waals surface area contributed by atoms with Gasteiger partial charge in [0.25, 0.3) is 5.91 Å². The zero-order valence-electron chi connectivity index (χ0n) is 12.1. The number of carbonyl (C=O) groups excluding carboxylic acids is 1. The largest absolute Gasteiger partial charge is 0.397 e. The minimum absolute atomic E-state index is 0.0424. The van der Waals surface area contributed by atoms with Crippen LogP contribution in [0.25, 0.3) is 0 Å². The first-order valence-corrected chi connectivity index (χ1v) is 6.60. The summed E-state index contributed by atoms with van der Waals surface area (Å²) in [6.45, 7) is 4.57. The molecule has 2 heterocycles. The van der Waals surface area contributed by atoms with Crippen LogP contribution in [-0.4, -0.2) is 27.4 Å². The van der Waals surface area contributed by atoms with E-state index in [0.29, 0.717) is 17.9 Å². The lowest BCUT2D eigenvalue weighted by Crippen LogP contribution is -2.28. The molecule has 1 amide bonds. The number of nitrogen functional groups attached to an aromatic ring is 1. The van der Waals surface area contributed by atoms with Crippen LogP contribution >= 0.6 is 0 Å². The molecular formula is C15H20N4O. The molecule has 2 rings (SSSR count). The van der Waals surface area contributed by atoms with Crippen LogP contribution in [0.4, 0.5) is 5.69 Å². The van der Waals surface area contributed by atoms with Crippen LogP contribution in [0.1, 0.15) is 35.9 Å². The van der Waals surface area contributed by atoms with Crippen molar-refractivity contribution in [2.45, 2.75) is 26.4 Å². The fraction of sp³-hybridized carbons (Fsp3) is 0.333. The molecule has 0 aliphatic heterocycles. The van der Waals surface area contributed by atoms with E-state index in [9.17, 15) is 4.79 Å². The fourth-order valence-corrected chi connectivity index (χ4v) is 2.13. The average Bonchev–Trinajstić information content (AvgIpc) is 2.81. The van der Waals surface area contributed by atoms with Crippen molar-refractivity contribution in [3.8, 4) is 0 Å². The smallest absolute Gasteiger partial charge is 0.270 e. The second-order valence-corrected chi connectivity index (χ2v) is 5.18. The highest BCUT2D eigenvalue weighted by Gasteiger charge is 2.18. The van der Waals surface area contributed by atoms with Crippen molar-refractivity contribution >= 4 is 11.6 Å². The summed E-state index contributed by atoms with van der Waals surface area (Å²) in [6.07, 6.45) is 5.28. The van der Waals surface area contributed by atoms with Gasteiger partial charge in [-0.05, 0) is 31.5 Å². The number of nitrogens with two attached hydrogens (primary N) is 1. The van der Waals surface area contributed by atoms with Crippen LogP contribution in [0.15, 0.2) is 36.8 Å². The van der Waals surface area contributed by atoms with E-state index in [1.807, 2.05) is 30.5 Å². The van der Waals surface area contributed by atoms with Crippen molar-refractivity contribution in [2.75, 3.05) is 12.8 Å². The molecule has 0 bridgehead atoms. The normalized spacial score (nSPS) is 10.8. The number of anilines is 1. The first-order chi connectivity index (χ1) is 9.49. The molecule has 2 aromatic rings. The predicted molar refractivity (Wildman–Crippen MR) is 79.3 cm³/mol. The number of hydrogen-bond acceptors (Lipinski definition) is 3. The van der Waals surface area contributed by atoms with Gasteiger partial charge in [0, 0.05) is 38.2 Å². The van der Waals surface area contributed by atoms with Gasteiger partial charge in [-0.1, -0.05) is 6.07 Å². The number of pyridine rings is 1. The summed E-state index contributed by atoms with van der Waals surface area (Å²) in [4.78, 5) is 18.2. The average molecular weight is 272 g/mol. The Kier molecular flexibility index (Phi) is 4.08. The van der Waals surface area contributed by atoms with Crippen molar-refractivity contribution in [1.82, 2.24) is 14.5 Å². The van der Waals surface area contributed by atoms with Crippen molar-refractivity contribution in [3.05, 3.63) is 48.0 Å². The molecule has 20 heavy (non-hydrogen) atoms. The van der Waals surface area contributed by atoms with Gasteiger partial charge in [0.15, 0.2) is 0 Å². The molecule has 0 radical (unpaired) electrons. The molecule has 0 saturated carbocycles. The van der Waals surface area contributed by atoms with Crippen molar-refractivity contribution in [3.63, 3.8) is 0 Å². The van der Waals surface area contributed by atoms with E-state index in [-0.39, 0.29) is 11.9 Å². The van der Waals surface area contributed by atoms with Crippen molar-refractivity contribution in [2.24, 2.45) is 0 Å². The second kappa shape index (κ2) is 5.77. The number of nitrogens with zero attached hydrogens (tertiary/aromatic N) is 3. The monoisotopic (exact) mass is 272 g/mol. The van der Waals surface area contributed by atoms with Crippen molar-refractivity contribution < 1.29 is 4.79 Å². The lowest BCUT2D eigenvalue weighted by molar-refractivity contribution is 0.0772. The molecule has 0 aliphatic carbocycles. The van der Waals surface area contributed by atoms with Gasteiger partial charge in [0.1, 0.15) is 5.69 Å². The summed E-state index contributed by atoms with van der Waals surface area (Å²) in [5.74, 6) is -0.0424. The van der Waals surface area contributed by atoms with Gasteiger partial charge in [-0.15, -0.1) is 0 Å². The van der Waals surface area contributed by atoms with E-state index in [1.54, 1.807) is 36.6 Å². The van der Waals surface area contributed by atoms with E-state index < -0.39 is 0 Å². The van der Waals surface area contributed by atoms with Gasteiger partial charge in [-0.3, -0.25) is 9.78 Å². The van der Waals surface area contributed by atoms with Gasteiger partial charge in [-0.2, -0.15) is 0 Å². The quantitative estimate of drug-likeness (QED) is 0.929. The zero-order chi connectivity index (χ0) is 14.7. The molecule has 0 saturated heterocycles. The molecule has 0 aromatic carbocycles. The van der Waals surface area contributed by atoms with E-state index in [0.717, 1.165) is 5.56 Å². The molecule has 5 nitrogen and oxygen atoms in total. The first kappa shape index (κ1) is 14.1. The Morgan fingerprint density at radius 1 is 1.50 bits per heavy atom.